The summed E-state index contributed by atoms with van der Waals surface area (Å²) in [5.74, 6) is 0.727. The summed E-state index contributed by atoms with van der Waals surface area (Å²) in [4.78, 5) is 3.98. The summed E-state index contributed by atoms with van der Waals surface area (Å²) in [7, 11) is 0. The third-order valence-corrected chi connectivity index (χ3v) is 2.95. The Morgan fingerprint density at radius 3 is 2.94 bits per heavy atom. The van der Waals surface area contributed by atoms with Crippen molar-refractivity contribution in [3.63, 3.8) is 0 Å². The first-order chi connectivity index (χ1) is 8.70. The predicted octanol–water partition coefficient (Wildman–Crippen LogP) is 3.49. The molecule has 0 aliphatic heterocycles. The first kappa shape index (κ1) is 12.4. The molecule has 0 saturated heterocycles. The van der Waals surface area contributed by atoms with Gasteiger partial charge in [-0.15, -0.1) is 0 Å². The molecule has 3 nitrogen and oxygen atoms in total. The summed E-state index contributed by atoms with van der Waals surface area (Å²) >= 11 is 5.94. The molecule has 0 atom stereocenters. The fourth-order valence-electron chi connectivity index (χ4n) is 1.52. The van der Waals surface area contributed by atoms with Crippen molar-refractivity contribution in [2.45, 2.75) is 13.5 Å². The van der Waals surface area contributed by atoms with Gasteiger partial charge in [0.05, 0.1) is 0 Å². The van der Waals surface area contributed by atoms with Crippen molar-refractivity contribution in [3.8, 4) is 11.8 Å². The van der Waals surface area contributed by atoms with E-state index >= 15 is 0 Å². The second-order valence-electron chi connectivity index (χ2n) is 3.82. The average Bonchev–Trinajstić information content (AvgIpc) is 2.40. The third kappa shape index (κ3) is 2.79. The van der Waals surface area contributed by atoms with Crippen LogP contribution < -0.4 is 4.74 Å². The number of aryl methyl sites for hydroxylation is 1. The highest BCUT2D eigenvalue weighted by atomic mass is 35.5. The lowest BCUT2D eigenvalue weighted by Crippen LogP contribution is -1.99. The second kappa shape index (κ2) is 5.52. The molecule has 4 heteroatoms. The molecule has 90 valence electrons. The number of rotatable bonds is 3. The highest BCUT2D eigenvalue weighted by Crippen LogP contribution is 2.22. The molecular formula is C14H11ClN2O. The number of benzene rings is 1. The molecule has 0 spiro atoms. The molecule has 2 rings (SSSR count). The van der Waals surface area contributed by atoms with Crippen LogP contribution in [0, 0.1) is 18.3 Å². The van der Waals surface area contributed by atoms with Gasteiger partial charge in [-0.2, -0.15) is 5.26 Å². The highest BCUT2D eigenvalue weighted by Gasteiger charge is 2.04. The molecular weight excluding hydrogens is 248 g/mol. The molecule has 1 heterocycles. The van der Waals surface area contributed by atoms with Gasteiger partial charge < -0.3 is 4.74 Å². The predicted molar refractivity (Wildman–Crippen MR) is 69.5 cm³/mol. The van der Waals surface area contributed by atoms with E-state index in [2.05, 4.69) is 4.98 Å². The molecule has 0 bridgehead atoms. The van der Waals surface area contributed by atoms with Crippen LogP contribution in [0.5, 0.6) is 5.75 Å². The van der Waals surface area contributed by atoms with E-state index in [1.165, 1.54) is 0 Å². The molecule has 0 saturated carbocycles. The normalized spacial score (nSPS) is 9.83. The lowest BCUT2D eigenvalue weighted by atomic mass is 10.2. The third-order valence-electron chi connectivity index (χ3n) is 2.52. The van der Waals surface area contributed by atoms with E-state index in [0.29, 0.717) is 17.3 Å². The molecule has 18 heavy (non-hydrogen) atoms. The quantitative estimate of drug-likeness (QED) is 0.847. The number of halogens is 1. The monoisotopic (exact) mass is 258 g/mol. The Balaban J connectivity index is 2.12. The summed E-state index contributed by atoms with van der Waals surface area (Å²) in [6.07, 6.45) is 1.59. The number of hydrogen-bond acceptors (Lipinski definition) is 3. The molecule has 2 aromatic rings. The van der Waals surface area contributed by atoms with E-state index in [1.807, 2.05) is 25.1 Å². The largest absolute Gasteiger partial charge is 0.489 e. The van der Waals surface area contributed by atoms with Crippen LogP contribution in [0.4, 0.5) is 0 Å². The van der Waals surface area contributed by atoms with Crippen molar-refractivity contribution < 1.29 is 4.74 Å². The Labute approximate surface area is 111 Å². The van der Waals surface area contributed by atoms with Crippen LogP contribution in [0.15, 0.2) is 36.5 Å². The lowest BCUT2D eigenvalue weighted by Gasteiger charge is -2.08. The fraction of sp³-hybridized carbons (Fsp3) is 0.143. The number of aromatic nitrogens is 1. The topological polar surface area (TPSA) is 45.9 Å². The second-order valence-corrected chi connectivity index (χ2v) is 4.23. The number of pyridine rings is 1. The number of nitrogens with zero attached hydrogens (tertiary/aromatic N) is 2. The maximum Gasteiger partial charge on any atom is 0.147 e. The van der Waals surface area contributed by atoms with Crippen LogP contribution in [-0.4, -0.2) is 4.98 Å². The minimum absolute atomic E-state index is 0.317. The van der Waals surface area contributed by atoms with Gasteiger partial charge in [0.25, 0.3) is 0 Å². The molecule has 0 N–H and O–H groups in total. The first-order valence-corrected chi connectivity index (χ1v) is 5.81. The molecule has 1 aromatic carbocycles. The minimum Gasteiger partial charge on any atom is -0.489 e. The summed E-state index contributed by atoms with van der Waals surface area (Å²) in [5, 5.41) is 9.62. The standard InChI is InChI=1S/C14H11ClN2O/c1-10-7-12(4-5-13(10)15)18-9-11-3-2-6-17-14(11)8-16/h2-7H,9H2,1H3. The van der Waals surface area contributed by atoms with Gasteiger partial charge in [-0.05, 0) is 36.8 Å². The number of hydrogen-bond donors (Lipinski definition) is 0. The molecule has 0 aliphatic rings. The average molecular weight is 259 g/mol. The van der Waals surface area contributed by atoms with Crippen LogP contribution in [0.1, 0.15) is 16.8 Å². The van der Waals surface area contributed by atoms with Gasteiger partial charge in [0.2, 0.25) is 0 Å². The Morgan fingerprint density at radius 1 is 1.39 bits per heavy atom. The van der Waals surface area contributed by atoms with Gasteiger partial charge >= 0.3 is 0 Å². The number of ether oxygens (including phenoxy) is 1. The van der Waals surface area contributed by atoms with Gasteiger partial charge in [0.1, 0.15) is 24.1 Å². The van der Waals surface area contributed by atoms with E-state index < -0.39 is 0 Å². The zero-order valence-electron chi connectivity index (χ0n) is 9.85. The van der Waals surface area contributed by atoms with Crippen molar-refractivity contribution in [3.05, 3.63) is 58.4 Å². The van der Waals surface area contributed by atoms with Gasteiger partial charge in [0.15, 0.2) is 0 Å². The highest BCUT2D eigenvalue weighted by molar-refractivity contribution is 6.31. The zero-order valence-corrected chi connectivity index (χ0v) is 10.6. The SMILES string of the molecule is Cc1cc(OCc2cccnc2C#N)ccc1Cl. The van der Waals surface area contributed by atoms with Gasteiger partial charge in [-0.1, -0.05) is 17.7 Å². The first-order valence-electron chi connectivity index (χ1n) is 5.43. The van der Waals surface area contributed by atoms with Gasteiger partial charge in [0, 0.05) is 16.8 Å². The molecule has 0 radical (unpaired) electrons. The summed E-state index contributed by atoms with van der Waals surface area (Å²) in [6.45, 7) is 2.23. The molecule has 1 aromatic heterocycles. The summed E-state index contributed by atoms with van der Waals surface area (Å²) in [6, 6.07) is 11.1. The van der Waals surface area contributed by atoms with Crippen molar-refractivity contribution in [2.24, 2.45) is 0 Å². The van der Waals surface area contributed by atoms with Crippen LogP contribution in [0.2, 0.25) is 5.02 Å². The van der Waals surface area contributed by atoms with Crippen molar-refractivity contribution in [1.29, 1.82) is 5.26 Å². The maximum absolute atomic E-state index is 8.91. The summed E-state index contributed by atoms with van der Waals surface area (Å²) < 4.78 is 5.62. The smallest absolute Gasteiger partial charge is 0.147 e. The van der Waals surface area contributed by atoms with Gasteiger partial charge in [-0.3, -0.25) is 0 Å². The van der Waals surface area contributed by atoms with Crippen LogP contribution in [-0.2, 0) is 6.61 Å². The van der Waals surface area contributed by atoms with Crippen molar-refractivity contribution in [2.75, 3.05) is 0 Å². The minimum atomic E-state index is 0.317. The zero-order chi connectivity index (χ0) is 13.0. The van der Waals surface area contributed by atoms with Crippen molar-refractivity contribution in [1.82, 2.24) is 4.98 Å². The molecule has 0 unspecified atom stereocenters. The van der Waals surface area contributed by atoms with E-state index in [4.69, 9.17) is 21.6 Å². The fourth-order valence-corrected chi connectivity index (χ4v) is 1.64. The lowest BCUT2D eigenvalue weighted by molar-refractivity contribution is 0.305. The Kier molecular flexibility index (Phi) is 3.81. The van der Waals surface area contributed by atoms with E-state index in [0.717, 1.165) is 16.9 Å². The maximum atomic E-state index is 8.91. The Hall–Kier alpha value is -2.05. The van der Waals surface area contributed by atoms with E-state index in [9.17, 15) is 0 Å². The van der Waals surface area contributed by atoms with Crippen LogP contribution in [0.25, 0.3) is 0 Å². The van der Waals surface area contributed by atoms with Crippen LogP contribution >= 0.6 is 11.6 Å². The van der Waals surface area contributed by atoms with Crippen molar-refractivity contribution >= 4 is 11.6 Å². The Bertz CT molecular complexity index is 605. The van der Waals surface area contributed by atoms with E-state index in [1.54, 1.807) is 24.4 Å². The van der Waals surface area contributed by atoms with Crippen LogP contribution in [0.3, 0.4) is 0 Å². The molecule has 0 fully saturated rings. The molecule has 0 amide bonds. The summed E-state index contributed by atoms with van der Waals surface area (Å²) in [5.41, 5.74) is 2.12. The van der Waals surface area contributed by atoms with Gasteiger partial charge in [-0.25, -0.2) is 4.98 Å². The molecule has 0 aliphatic carbocycles. The Morgan fingerprint density at radius 2 is 2.22 bits per heavy atom. The van der Waals surface area contributed by atoms with E-state index in [-0.39, 0.29) is 0 Å². The number of nitriles is 1.